The molecule has 26 heavy (non-hydrogen) atoms. The van der Waals surface area contributed by atoms with Gasteiger partial charge in [-0.05, 0) is 31.2 Å². The van der Waals surface area contributed by atoms with Crippen LogP contribution in [0.3, 0.4) is 0 Å². The van der Waals surface area contributed by atoms with Crippen LogP contribution in [0.4, 0.5) is 0 Å². The van der Waals surface area contributed by atoms with Crippen LogP contribution in [-0.4, -0.2) is 36.4 Å². The Morgan fingerprint density at radius 1 is 1.27 bits per heavy atom. The molecule has 6 heteroatoms. The van der Waals surface area contributed by atoms with Gasteiger partial charge in [0.25, 0.3) is 5.91 Å². The van der Waals surface area contributed by atoms with Gasteiger partial charge < -0.3 is 4.90 Å². The lowest BCUT2D eigenvalue weighted by atomic mass is 9.93. The Morgan fingerprint density at radius 2 is 2.00 bits per heavy atom. The standard InChI is InChI=1S/C20H31N5O/c1-15(2)10-17-11-19(24(4)22-17)20(26)25(18-8-6-5-7-9-18)14-16-12-21-23(3)13-16/h11-13,15,18H,5-10,14H2,1-4H3. The van der Waals surface area contributed by atoms with Crippen LogP contribution in [0.15, 0.2) is 18.5 Å². The van der Waals surface area contributed by atoms with Crippen molar-refractivity contribution in [3.63, 3.8) is 0 Å². The van der Waals surface area contributed by atoms with Crippen LogP contribution in [0, 0.1) is 5.92 Å². The largest absolute Gasteiger partial charge is 0.330 e. The normalized spacial score (nSPS) is 15.6. The molecule has 0 unspecified atom stereocenters. The fourth-order valence-corrected chi connectivity index (χ4v) is 3.90. The van der Waals surface area contributed by atoms with Crippen molar-refractivity contribution in [1.29, 1.82) is 0 Å². The maximum Gasteiger partial charge on any atom is 0.272 e. The molecule has 0 aromatic carbocycles. The quantitative estimate of drug-likeness (QED) is 0.797. The minimum Gasteiger partial charge on any atom is -0.330 e. The molecule has 1 aliphatic carbocycles. The van der Waals surface area contributed by atoms with E-state index in [0.29, 0.717) is 24.2 Å². The molecule has 1 saturated carbocycles. The zero-order chi connectivity index (χ0) is 18.7. The summed E-state index contributed by atoms with van der Waals surface area (Å²) < 4.78 is 3.54. The summed E-state index contributed by atoms with van der Waals surface area (Å²) in [6, 6.07) is 2.28. The average Bonchev–Trinajstić information content (AvgIpc) is 3.17. The van der Waals surface area contributed by atoms with E-state index in [1.165, 1.54) is 19.3 Å². The van der Waals surface area contributed by atoms with Crippen LogP contribution in [0.25, 0.3) is 0 Å². The van der Waals surface area contributed by atoms with Crippen LogP contribution in [0.1, 0.15) is 67.7 Å². The predicted octanol–water partition coefficient (Wildman–Crippen LogP) is 3.33. The second kappa shape index (κ2) is 8.06. The van der Waals surface area contributed by atoms with E-state index < -0.39 is 0 Å². The molecule has 1 fully saturated rings. The third kappa shape index (κ3) is 4.34. The fraction of sp³-hybridized carbons (Fsp3) is 0.650. The van der Waals surface area contributed by atoms with Gasteiger partial charge in [-0.15, -0.1) is 0 Å². The molecule has 0 saturated heterocycles. The molecule has 0 N–H and O–H groups in total. The van der Waals surface area contributed by atoms with E-state index in [2.05, 4.69) is 24.0 Å². The third-order valence-corrected chi connectivity index (χ3v) is 5.15. The average molecular weight is 358 g/mol. The smallest absolute Gasteiger partial charge is 0.272 e. The summed E-state index contributed by atoms with van der Waals surface area (Å²) in [6.45, 7) is 4.96. The summed E-state index contributed by atoms with van der Waals surface area (Å²) in [5, 5.41) is 8.83. The second-order valence-electron chi connectivity index (χ2n) is 7.99. The van der Waals surface area contributed by atoms with Gasteiger partial charge in [0.2, 0.25) is 0 Å². The molecule has 2 heterocycles. The van der Waals surface area contributed by atoms with Gasteiger partial charge in [0, 0.05) is 38.4 Å². The van der Waals surface area contributed by atoms with Gasteiger partial charge in [0.05, 0.1) is 11.9 Å². The highest BCUT2D eigenvalue weighted by Crippen LogP contribution is 2.26. The van der Waals surface area contributed by atoms with Crippen molar-refractivity contribution in [1.82, 2.24) is 24.5 Å². The van der Waals surface area contributed by atoms with Crippen LogP contribution in [0.2, 0.25) is 0 Å². The van der Waals surface area contributed by atoms with E-state index in [-0.39, 0.29) is 5.91 Å². The van der Waals surface area contributed by atoms with Crippen LogP contribution in [0.5, 0.6) is 0 Å². The number of carbonyl (C=O) groups excluding carboxylic acids is 1. The minimum absolute atomic E-state index is 0.0887. The highest BCUT2D eigenvalue weighted by molar-refractivity contribution is 5.93. The van der Waals surface area contributed by atoms with Crippen molar-refractivity contribution in [3.05, 3.63) is 35.4 Å². The first kappa shape index (κ1) is 18.7. The maximum absolute atomic E-state index is 13.4. The van der Waals surface area contributed by atoms with Gasteiger partial charge in [-0.1, -0.05) is 33.1 Å². The van der Waals surface area contributed by atoms with Crippen molar-refractivity contribution in [2.24, 2.45) is 20.0 Å². The van der Waals surface area contributed by atoms with Crippen molar-refractivity contribution in [2.75, 3.05) is 0 Å². The van der Waals surface area contributed by atoms with Crippen molar-refractivity contribution >= 4 is 5.91 Å². The van der Waals surface area contributed by atoms with E-state index in [9.17, 15) is 4.79 Å². The van der Waals surface area contributed by atoms with Crippen molar-refractivity contribution < 1.29 is 4.79 Å². The van der Waals surface area contributed by atoms with E-state index >= 15 is 0 Å². The second-order valence-corrected chi connectivity index (χ2v) is 7.99. The molecule has 6 nitrogen and oxygen atoms in total. The van der Waals surface area contributed by atoms with Gasteiger partial charge in [-0.25, -0.2) is 0 Å². The first-order valence-corrected chi connectivity index (χ1v) is 9.75. The summed E-state index contributed by atoms with van der Waals surface area (Å²) in [4.78, 5) is 15.5. The number of hydrogen-bond donors (Lipinski definition) is 0. The molecule has 1 aliphatic rings. The molecule has 1 amide bonds. The molecule has 0 spiro atoms. The molecule has 142 valence electrons. The Hall–Kier alpha value is -2.11. The Balaban J connectivity index is 1.85. The number of hydrogen-bond acceptors (Lipinski definition) is 3. The molecule has 0 aliphatic heterocycles. The van der Waals surface area contributed by atoms with Crippen LogP contribution in [-0.2, 0) is 27.1 Å². The zero-order valence-electron chi connectivity index (χ0n) is 16.5. The fourth-order valence-electron chi connectivity index (χ4n) is 3.90. The van der Waals surface area contributed by atoms with E-state index in [0.717, 1.165) is 30.5 Å². The lowest BCUT2D eigenvalue weighted by Gasteiger charge is -2.34. The highest BCUT2D eigenvalue weighted by atomic mass is 16.2. The zero-order valence-corrected chi connectivity index (χ0v) is 16.5. The predicted molar refractivity (Wildman–Crippen MR) is 102 cm³/mol. The third-order valence-electron chi connectivity index (χ3n) is 5.15. The van der Waals surface area contributed by atoms with E-state index in [4.69, 9.17) is 0 Å². The van der Waals surface area contributed by atoms with Gasteiger partial charge in [0.15, 0.2) is 0 Å². The summed E-state index contributed by atoms with van der Waals surface area (Å²) in [6.07, 6.45) is 10.6. The number of aryl methyl sites for hydroxylation is 2. The molecular weight excluding hydrogens is 326 g/mol. The van der Waals surface area contributed by atoms with E-state index in [1.54, 1.807) is 9.36 Å². The molecule has 2 aromatic heterocycles. The molecule has 2 aromatic rings. The van der Waals surface area contributed by atoms with E-state index in [1.807, 2.05) is 37.5 Å². The number of nitrogens with zero attached hydrogens (tertiary/aromatic N) is 5. The molecule has 3 rings (SSSR count). The number of carbonyl (C=O) groups is 1. The Bertz CT molecular complexity index is 739. The van der Waals surface area contributed by atoms with Crippen LogP contribution < -0.4 is 0 Å². The lowest BCUT2D eigenvalue weighted by Crippen LogP contribution is -2.41. The summed E-state index contributed by atoms with van der Waals surface area (Å²) >= 11 is 0. The topological polar surface area (TPSA) is 56.0 Å². The Labute approximate surface area is 156 Å². The van der Waals surface area contributed by atoms with Crippen molar-refractivity contribution in [2.45, 2.75) is 65.0 Å². The SMILES string of the molecule is CC(C)Cc1cc(C(=O)N(Cc2cnn(C)c2)C2CCCCC2)n(C)n1. The van der Waals surface area contributed by atoms with Gasteiger partial charge in [-0.3, -0.25) is 14.2 Å². The van der Waals surface area contributed by atoms with Gasteiger partial charge in [0.1, 0.15) is 5.69 Å². The highest BCUT2D eigenvalue weighted by Gasteiger charge is 2.28. The molecule has 0 radical (unpaired) electrons. The molecule has 0 bridgehead atoms. The summed E-state index contributed by atoms with van der Waals surface area (Å²) in [5.41, 5.74) is 2.77. The minimum atomic E-state index is 0.0887. The summed E-state index contributed by atoms with van der Waals surface area (Å²) in [5.74, 6) is 0.614. The first-order chi connectivity index (χ1) is 12.4. The summed E-state index contributed by atoms with van der Waals surface area (Å²) in [7, 11) is 3.79. The Kier molecular flexibility index (Phi) is 5.79. The number of rotatable bonds is 6. The van der Waals surface area contributed by atoms with Gasteiger partial charge >= 0.3 is 0 Å². The van der Waals surface area contributed by atoms with Gasteiger partial charge in [-0.2, -0.15) is 10.2 Å². The van der Waals surface area contributed by atoms with Crippen molar-refractivity contribution in [3.8, 4) is 0 Å². The molecular formula is C20H31N5O. The lowest BCUT2D eigenvalue weighted by molar-refractivity contribution is 0.0603. The Morgan fingerprint density at radius 3 is 2.62 bits per heavy atom. The number of amides is 1. The number of aromatic nitrogens is 4. The van der Waals surface area contributed by atoms with Crippen LogP contribution >= 0.6 is 0 Å². The molecule has 0 atom stereocenters. The maximum atomic E-state index is 13.4. The monoisotopic (exact) mass is 357 g/mol. The first-order valence-electron chi connectivity index (χ1n) is 9.75.